The van der Waals surface area contributed by atoms with E-state index in [1.165, 1.54) is 4.31 Å². The van der Waals surface area contributed by atoms with Crippen molar-refractivity contribution >= 4 is 15.9 Å². The van der Waals surface area contributed by atoms with E-state index in [4.69, 9.17) is 0 Å². The molecule has 156 valence electrons. The number of aromatic nitrogens is 1. The van der Waals surface area contributed by atoms with Gasteiger partial charge in [-0.05, 0) is 50.2 Å². The van der Waals surface area contributed by atoms with Crippen LogP contribution in [0.3, 0.4) is 0 Å². The summed E-state index contributed by atoms with van der Waals surface area (Å²) in [6, 6.07) is 6.35. The normalized spacial score (nSPS) is 18.7. The van der Waals surface area contributed by atoms with Gasteiger partial charge in [-0.15, -0.1) is 0 Å². The Hall–Kier alpha value is -2.46. The zero-order valence-electron chi connectivity index (χ0n) is 15.8. The van der Waals surface area contributed by atoms with Crippen LogP contribution in [0.1, 0.15) is 28.5 Å². The van der Waals surface area contributed by atoms with Crippen molar-refractivity contribution in [3.63, 3.8) is 0 Å². The maximum Gasteiger partial charge on any atom is 0.416 e. The number of pyridine rings is 1. The van der Waals surface area contributed by atoms with Crippen LogP contribution in [0, 0.1) is 6.92 Å². The summed E-state index contributed by atoms with van der Waals surface area (Å²) in [5, 5.41) is 0. The Morgan fingerprint density at radius 2 is 1.79 bits per heavy atom. The first-order valence-electron chi connectivity index (χ1n) is 8.92. The molecule has 6 nitrogen and oxygen atoms in total. The lowest BCUT2D eigenvalue weighted by Gasteiger charge is -2.39. The van der Waals surface area contributed by atoms with Crippen LogP contribution >= 0.6 is 0 Å². The number of hydrogen-bond acceptors (Lipinski definition) is 4. The van der Waals surface area contributed by atoms with Gasteiger partial charge in [0.25, 0.3) is 5.91 Å². The Morgan fingerprint density at radius 3 is 2.34 bits per heavy atom. The van der Waals surface area contributed by atoms with Crippen molar-refractivity contribution in [3.8, 4) is 0 Å². The van der Waals surface area contributed by atoms with Gasteiger partial charge in [-0.2, -0.15) is 17.5 Å². The van der Waals surface area contributed by atoms with E-state index >= 15 is 0 Å². The molecule has 1 atom stereocenters. The van der Waals surface area contributed by atoms with Crippen LogP contribution in [-0.2, 0) is 16.2 Å². The molecule has 2 heterocycles. The third kappa shape index (κ3) is 4.27. The van der Waals surface area contributed by atoms with Crippen molar-refractivity contribution in [2.45, 2.75) is 31.0 Å². The maximum atomic E-state index is 12.8. The molecular weight excluding hydrogens is 407 g/mol. The number of alkyl halides is 3. The highest BCUT2D eigenvalue weighted by atomic mass is 32.2. The summed E-state index contributed by atoms with van der Waals surface area (Å²) in [6.07, 6.45) is -2.95. The molecule has 1 aliphatic heterocycles. The monoisotopic (exact) mass is 427 g/mol. The first-order valence-corrected chi connectivity index (χ1v) is 10.4. The Bertz CT molecular complexity index is 1010. The van der Waals surface area contributed by atoms with Crippen LogP contribution in [0.25, 0.3) is 0 Å². The summed E-state index contributed by atoms with van der Waals surface area (Å²) in [5.74, 6) is -0.227. The molecule has 0 N–H and O–H groups in total. The standard InChI is InChI=1S/C19H20F3N3O3S/c1-13-12-24(10-11-25(13)18(26)17-4-3-9-23-14(17)2)29(27,28)16-7-5-15(6-8-16)19(20,21)22/h3-9,13H,10-12H2,1-2H3/t13-/m0/s1. The van der Waals surface area contributed by atoms with Crippen molar-refractivity contribution in [2.75, 3.05) is 19.6 Å². The molecule has 0 spiro atoms. The first kappa shape index (κ1) is 21.3. The summed E-state index contributed by atoms with van der Waals surface area (Å²) in [5.41, 5.74) is 0.134. The molecule has 0 unspecified atom stereocenters. The lowest BCUT2D eigenvalue weighted by atomic mass is 10.1. The second-order valence-corrected chi connectivity index (χ2v) is 8.81. The van der Waals surface area contributed by atoms with Crippen LogP contribution < -0.4 is 0 Å². The Labute approximate surface area is 167 Å². The fourth-order valence-electron chi connectivity index (χ4n) is 3.27. The fraction of sp³-hybridized carbons (Fsp3) is 0.368. The smallest absolute Gasteiger partial charge is 0.333 e. The molecule has 3 rings (SSSR count). The molecule has 1 aliphatic rings. The molecular formula is C19H20F3N3O3S. The lowest BCUT2D eigenvalue weighted by Crippen LogP contribution is -2.55. The van der Waals surface area contributed by atoms with Gasteiger partial charge in [0.1, 0.15) is 0 Å². The number of amides is 1. The van der Waals surface area contributed by atoms with Crippen LogP contribution in [-0.4, -0.2) is 54.2 Å². The summed E-state index contributed by atoms with van der Waals surface area (Å²) in [4.78, 5) is 18.3. The number of nitrogens with zero attached hydrogens (tertiary/aromatic N) is 3. The molecule has 1 amide bonds. The number of aryl methyl sites for hydroxylation is 1. The predicted octanol–water partition coefficient (Wildman–Crippen LogP) is 2.94. The van der Waals surface area contributed by atoms with Crippen LogP contribution in [0.15, 0.2) is 47.5 Å². The molecule has 1 aromatic carbocycles. The van der Waals surface area contributed by atoms with E-state index in [2.05, 4.69) is 4.98 Å². The van der Waals surface area contributed by atoms with Crippen molar-refractivity contribution in [1.29, 1.82) is 0 Å². The average Bonchev–Trinajstić information content (AvgIpc) is 2.67. The summed E-state index contributed by atoms with van der Waals surface area (Å²) in [6.45, 7) is 3.74. The van der Waals surface area contributed by atoms with Crippen molar-refractivity contribution in [3.05, 3.63) is 59.4 Å². The third-order valence-electron chi connectivity index (χ3n) is 4.91. The zero-order valence-corrected chi connectivity index (χ0v) is 16.7. The largest absolute Gasteiger partial charge is 0.416 e. The Kier molecular flexibility index (Phi) is 5.68. The van der Waals surface area contributed by atoms with Crippen LogP contribution in [0.4, 0.5) is 13.2 Å². The number of benzene rings is 1. The Balaban J connectivity index is 1.76. The lowest BCUT2D eigenvalue weighted by molar-refractivity contribution is -0.137. The molecule has 1 fully saturated rings. The minimum atomic E-state index is -4.53. The molecule has 29 heavy (non-hydrogen) atoms. The highest BCUT2D eigenvalue weighted by Gasteiger charge is 2.36. The van der Waals surface area contributed by atoms with Gasteiger partial charge in [0.05, 0.1) is 16.0 Å². The summed E-state index contributed by atoms with van der Waals surface area (Å²) >= 11 is 0. The fourth-order valence-corrected chi connectivity index (χ4v) is 4.79. The van der Waals surface area contributed by atoms with Gasteiger partial charge < -0.3 is 4.90 Å². The minimum absolute atomic E-state index is 0.0500. The molecule has 10 heteroatoms. The molecule has 1 saturated heterocycles. The average molecular weight is 427 g/mol. The maximum absolute atomic E-state index is 12.8. The SMILES string of the molecule is Cc1ncccc1C(=O)N1CCN(S(=O)(=O)c2ccc(C(F)(F)F)cc2)C[C@@H]1C. The van der Waals surface area contributed by atoms with Gasteiger partial charge in [-0.3, -0.25) is 9.78 Å². The van der Waals surface area contributed by atoms with E-state index in [0.29, 0.717) is 11.3 Å². The van der Waals surface area contributed by atoms with Gasteiger partial charge in [0.15, 0.2) is 0 Å². The predicted molar refractivity (Wildman–Crippen MR) is 99.7 cm³/mol. The summed E-state index contributed by atoms with van der Waals surface area (Å²) < 4.78 is 65.0. The number of carbonyl (C=O) groups is 1. The second kappa shape index (κ2) is 7.75. The number of piperazine rings is 1. The second-order valence-electron chi connectivity index (χ2n) is 6.87. The highest BCUT2D eigenvalue weighted by Crippen LogP contribution is 2.30. The van der Waals surface area contributed by atoms with E-state index < -0.39 is 27.8 Å². The van der Waals surface area contributed by atoms with Gasteiger partial charge in [0, 0.05) is 37.6 Å². The third-order valence-corrected chi connectivity index (χ3v) is 6.79. The van der Waals surface area contributed by atoms with Crippen molar-refractivity contribution in [2.24, 2.45) is 0 Å². The van der Waals surface area contributed by atoms with Gasteiger partial charge in [-0.1, -0.05) is 0 Å². The molecule has 0 aliphatic carbocycles. The number of halogens is 3. The van der Waals surface area contributed by atoms with Crippen molar-refractivity contribution < 1.29 is 26.4 Å². The van der Waals surface area contributed by atoms with Gasteiger partial charge in [0.2, 0.25) is 10.0 Å². The first-order chi connectivity index (χ1) is 13.5. The molecule has 1 aromatic heterocycles. The summed E-state index contributed by atoms with van der Waals surface area (Å²) in [7, 11) is -3.96. The zero-order chi connectivity index (χ0) is 21.4. The molecule has 0 bridgehead atoms. The number of rotatable bonds is 3. The van der Waals surface area contributed by atoms with Crippen molar-refractivity contribution in [1.82, 2.24) is 14.2 Å². The van der Waals surface area contributed by atoms with Crippen LogP contribution in [0.2, 0.25) is 0 Å². The Morgan fingerprint density at radius 1 is 1.14 bits per heavy atom. The van der Waals surface area contributed by atoms with Gasteiger partial charge in [-0.25, -0.2) is 8.42 Å². The van der Waals surface area contributed by atoms with Crippen LogP contribution in [0.5, 0.6) is 0 Å². The quantitative estimate of drug-likeness (QED) is 0.755. The van der Waals surface area contributed by atoms with E-state index in [1.54, 1.807) is 37.1 Å². The number of hydrogen-bond donors (Lipinski definition) is 0. The van der Waals surface area contributed by atoms with Gasteiger partial charge >= 0.3 is 6.18 Å². The topological polar surface area (TPSA) is 70.6 Å². The highest BCUT2D eigenvalue weighted by molar-refractivity contribution is 7.89. The molecule has 2 aromatic rings. The van der Waals surface area contributed by atoms with E-state index in [-0.39, 0.29) is 30.4 Å². The number of sulfonamides is 1. The molecule has 0 saturated carbocycles. The minimum Gasteiger partial charge on any atom is -0.333 e. The van der Waals surface area contributed by atoms with E-state index in [9.17, 15) is 26.4 Å². The number of carbonyl (C=O) groups excluding carboxylic acids is 1. The van der Waals surface area contributed by atoms with E-state index in [1.807, 2.05) is 0 Å². The molecule has 0 radical (unpaired) electrons. The van der Waals surface area contributed by atoms with E-state index in [0.717, 1.165) is 24.3 Å².